The first kappa shape index (κ1) is 39.4. The zero-order valence-electron chi connectivity index (χ0n) is 17.4. The molecule has 0 aliphatic rings. The van der Waals surface area contributed by atoms with Gasteiger partial charge in [-0.15, -0.1) is 0 Å². The van der Waals surface area contributed by atoms with Crippen molar-refractivity contribution in [1.29, 1.82) is 0 Å². The Morgan fingerprint density at radius 1 is 0.759 bits per heavy atom. The number of carbonyl (C=O) groups is 1. The summed E-state index contributed by atoms with van der Waals surface area (Å²) in [7, 11) is -8.90. The monoisotopic (exact) mass is 479 g/mol. The standard InChI is InChI=1S/C13H28O4S.CH2O3.H3N.Na.H2O4S/c1-2-3-4-5-6-7-8-9-10-11-12-13-17-18(14,15)16;2-1(3)4;;;1-5(2,3)4/h2-13H2,1H3,(H,14,15,16);(H2,2,3,4);1H3;;(H2,1,2,3,4)/q;;;+1;/p-1. The van der Waals surface area contributed by atoms with Gasteiger partial charge in [0.25, 0.3) is 0 Å². The molecule has 15 heteroatoms. The van der Waals surface area contributed by atoms with Gasteiger partial charge in [0, 0.05) is 0 Å². The van der Waals surface area contributed by atoms with Crippen LogP contribution >= 0.6 is 0 Å². The average molecular weight is 480 g/mol. The molecule has 0 heterocycles. The predicted octanol–water partition coefficient (Wildman–Crippen LogP) is -1.60. The zero-order chi connectivity index (χ0) is 21.8. The van der Waals surface area contributed by atoms with Crippen LogP contribution in [0, 0.1) is 0 Å². The Kier molecular flexibility index (Phi) is 35.4. The second-order valence-electron chi connectivity index (χ2n) is 5.48. The van der Waals surface area contributed by atoms with Gasteiger partial charge in [-0.2, -0.15) is 16.8 Å². The first-order chi connectivity index (χ1) is 12.3. The van der Waals surface area contributed by atoms with Gasteiger partial charge in [-0.3, -0.25) is 13.7 Å². The number of hydrogen-bond acceptors (Lipinski definition) is 8. The van der Waals surface area contributed by atoms with Crippen LogP contribution in [0.25, 0.3) is 0 Å². The maximum absolute atomic E-state index is 10.2. The van der Waals surface area contributed by atoms with Gasteiger partial charge in [-0.1, -0.05) is 71.1 Å². The summed E-state index contributed by atoms with van der Waals surface area (Å²) < 4.78 is 64.6. The molecule has 0 aromatic heterocycles. The van der Waals surface area contributed by atoms with Crippen molar-refractivity contribution >= 4 is 27.0 Å². The van der Waals surface area contributed by atoms with Crippen molar-refractivity contribution in [1.82, 2.24) is 6.15 Å². The van der Waals surface area contributed by atoms with Gasteiger partial charge in [0.15, 0.2) is 0 Å². The minimum Gasteiger partial charge on any atom is -0.652 e. The van der Waals surface area contributed by atoms with Gasteiger partial charge < -0.3 is 21.2 Å². The van der Waals surface area contributed by atoms with E-state index in [1.165, 1.54) is 51.4 Å². The second-order valence-corrected chi connectivity index (χ2v) is 7.47. The van der Waals surface area contributed by atoms with Crippen molar-refractivity contribution in [2.45, 2.75) is 77.6 Å². The molecule has 0 aliphatic heterocycles. The van der Waals surface area contributed by atoms with Crippen molar-refractivity contribution in [2.24, 2.45) is 0 Å². The van der Waals surface area contributed by atoms with E-state index in [2.05, 4.69) is 11.1 Å². The van der Waals surface area contributed by atoms with Crippen LogP contribution in [0.5, 0.6) is 0 Å². The van der Waals surface area contributed by atoms with Crippen LogP contribution < -0.4 is 45.9 Å². The largest absolute Gasteiger partial charge is 1.00 e. The molecule has 0 unspecified atom stereocenters. The van der Waals surface area contributed by atoms with Crippen LogP contribution in [-0.2, 0) is 25.0 Å². The SMILES string of the molecule is CCCCCCCCCCCCCOS(=O)(=O)O.O=C([O-])[O-].O=S(=O)(O)O.[NH4+].[Na+]. The molecule has 0 amide bonds. The number of carboxylic acid groups (broad SMARTS) is 2. The molecular formula is C14H34NNaO11S2. The molecule has 0 atom stereocenters. The van der Waals surface area contributed by atoms with E-state index in [9.17, 15) is 8.42 Å². The summed E-state index contributed by atoms with van der Waals surface area (Å²) in [5, 5.41) is 16.7. The second kappa shape index (κ2) is 26.0. The average Bonchev–Trinajstić information content (AvgIpc) is 2.45. The molecule has 0 bridgehead atoms. The fraction of sp³-hybridized carbons (Fsp3) is 0.929. The van der Waals surface area contributed by atoms with Gasteiger partial charge in [0.1, 0.15) is 0 Å². The first-order valence-corrected chi connectivity index (χ1v) is 11.3. The van der Waals surface area contributed by atoms with Crippen molar-refractivity contribution in [3.63, 3.8) is 0 Å². The third kappa shape index (κ3) is 84.2. The van der Waals surface area contributed by atoms with Crippen molar-refractivity contribution in [3.8, 4) is 0 Å². The number of unbranched alkanes of at least 4 members (excludes halogenated alkanes) is 10. The normalized spacial score (nSPS) is 10.2. The van der Waals surface area contributed by atoms with Crippen LogP contribution in [0.1, 0.15) is 77.6 Å². The van der Waals surface area contributed by atoms with Gasteiger partial charge in [0.05, 0.1) is 6.61 Å². The quantitative estimate of drug-likeness (QED) is 0.133. The van der Waals surface area contributed by atoms with Crippen LogP contribution in [-0.4, -0.2) is 43.3 Å². The fourth-order valence-electron chi connectivity index (χ4n) is 1.93. The van der Waals surface area contributed by atoms with Crippen molar-refractivity contribution in [2.75, 3.05) is 6.61 Å². The van der Waals surface area contributed by atoms with Crippen LogP contribution in [0.4, 0.5) is 4.79 Å². The van der Waals surface area contributed by atoms with E-state index in [4.69, 9.17) is 37.1 Å². The summed E-state index contributed by atoms with van der Waals surface area (Å²) in [4.78, 5) is 8.33. The number of hydrogen-bond donors (Lipinski definition) is 4. The van der Waals surface area contributed by atoms with E-state index in [1.807, 2.05) is 0 Å². The molecule has 174 valence electrons. The molecule has 0 radical (unpaired) electrons. The number of rotatable bonds is 13. The zero-order valence-corrected chi connectivity index (χ0v) is 21.0. The first-order valence-electron chi connectivity index (χ1n) is 8.49. The van der Waals surface area contributed by atoms with E-state index in [1.54, 1.807) is 0 Å². The molecule has 0 spiro atoms. The molecule has 0 aliphatic carbocycles. The van der Waals surface area contributed by atoms with E-state index in [-0.39, 0.29) is 42.3 Å². The molecular weight excluding hydrogens is 445 g/mol. The van der Waals surface area contributed by atoms with Crippen LogP contribution in [0.15, 0.2) is 0 Å². The summed E-state index contributed by atoms with van der Waals surface area (Å²) in [6.45, 7) is 2.32. The molecule has 0 rings (SSSR count). The Balaban J connectivity index is -0.000000147. The molecule has 29 heavy (non-hydrogen) atoms. The van der Waals surface area contributed by atoms with Gasteiger partial charge in [-0.25, -0.2) is 4.18 Å². The smallest absolute Gasteiger partial charge is 0.652 e. The molecule has 0 aromatic rings. The minimum absolute atomic E-state index is 0. The Morgan fingerprint density at radius 3 is 1.24 bits per heavy atom. The van der Waals surface area contributed by atoms with Crippen molar-refractivity contribution < 1.29 is 79.2 Å². The summed E-state index contributed by atoms with van der Waals surface area (Å²) in [5.74, 6) is 0. The number of carbonyl (C=O) groups excluding carboxylic acids is 1. The van der Waals surface area contributed by atoms with Gasteiger partial charge in [-0.05, 0) is 12.6 Å². The van der Waals surface area contributed by atoms with Gasteiger partial charge >= 0.3 is 50.4 Å². The Hall–Kier alpha value is -0.0300. The molecule has 0 fully saturated rings. The summed E-state index contributed by atoms with van der Waals surface area (Å²) in [6.07, 6.45) is 10.9. The molecule has 0 saturated heterocycles. The maximum atomic E-state index is 10.2. The maximum Gasteiger partial charge on any atom is 1.00 e. The van der Waals surface area contributed by atoms with E-state index >= 15 is 0 Å². The molecule has 7 N–H and O–H groups in total. The third-order valence-electron chi connectivity index (χ3n) is 2.98. The summed E-state index contributed by atoms with van der Waals surface area (Å²) in [5.41, 5.74) is 0. The Labute approximate surface area is 195 Å². The van der Waals surface area contributed by atoms with Crippen LogP contribution in [0.2, 0.25) is 0 Å². The molecule has 0 aromatic carbocycles. The number of quaternary nitrogens is 1. The van der Waals surface area contributed by atoms with Gasteiger partial charge in [0.2, 0.25) is 0 Å². The molecule has 12 nitrogen and oxygen atoms in total. The summed E-state index contributed by atoms with van der Waals surface area (Å²) >= 11 is 0. The Bertz CT molecular complexity index is 530. The van der Waals surface area contributed by atoms with E-state index in [0.717, 1.165) is 12.8 Å². The minimum atomic E-state index is -4.67. The predicted molar refractivity (Wildman–Crippen MR) is 99.5 cm³/mol. The van der Waals surface area contributed by atoms with Crippen molar-refractivity contribution in [3.05, 3.63) is 0 Å². The van der Waals surface area contributed by atoms with E-state index in [0.29, 0.717) is 6.42 Å². The fourth-order valence-corrected chi connectivity index (χ4v) is 2.26. The van der Waals surface area contributed by atoms with Crippen LogP contribution in [0.3, 0.4) is 0 Å². The topological polar surface area (TPSA) is 238 Å². The van der Waals surface area contributed by atoms with E-state index < -0.39 is 27.0 Å². The molecule has 0 saturated carbocycles. The third-order valence-corrected chi connectivity index (χ3v) is 3.44. The summed E-state index contributed by atoms with van der Waals surface area (Å²) in [6, 6.07) is 0. The Morgan fingerprint density at radius 2 is 1.00 bits per heavy atom.